The highest BCUT2D eigenvalue weighted by Gasteiger charge is 2.15. The van der Waals surface area contributed by atoms with E-state index in [4.69, 9.17) is 10.2 Å². The minimum absolute atomic E-state index is 0.402. The first-order chi connectivity index (χ1) is 9.09. The van der Waals surface area contributed by atoms with Gasteiger partial charge in [-0.3, -0.25) is 4.79 Å². The van der Waals surface area contributed by atoms with Crippen LogP contribution < -0.4 is 0 Å². The van der Waals surface area contributed by atoms with E-state index in [0.717, 1.165) is 17.2 Å². The van der Waals surface area contributed by atoms with Crippen molar-refractivity contribution >= 4 is 23.1 Å². The maximum absolute atomic E-state index is 11.9. The number of aliphatic carboxylic acids is 1. The molecule has 0 saturated carbocycles. The van der Waals surface area contributed by atoms with E-state index in [2.05, 4.69) is 0 Å². The van der Waals surface area contributed by atoms with Crippen LogP contribution in [0.4, 0.5) is 0 Å². The Hall–Kier alpha value is -2.40. The third-order valence-electron chi connectivity index (χ3n) is 2.46. The third-order valence-corrected chi connectivity index (χ3v) is 3.39. The number of hydrogen-bond donors (Lipinski definition) is 2. The zero-order valence-corrected chi connectivity index (χ0v) is 10.6. The normalized spacial score (nSPS) is 11.3. The average Bonchev–Trinajstić information content (AvgIpc) is 2.88. The minimum atomic E-state index is -1.52. The molecule has 0 atom stereocenters. The van der Waals surface area contributed by atoms with Gasteiger partial charge in [0.1, 0.15) is 0 Å². The first kappa shape index (κ1) is 13.0. The van der Waals surface area contributed by atoms with Crippen molar-refractivity contribution in [2.24, 2.45) is 0 Å². The fourth-order valence-electron chi connectivity index (χ4n) is 1.60. The molecule has 0 saturated heterocycles. The number of thiophene rings is 1. The van der Waals surface area contributed by atoms with E-state index in [9.17, 15) is 9.59 Å². The van der Waals surface area contributed by atoms with E-state index < -0.39 is 17.5 Å². The number of benzene rings is 1. The van der Waals surface area contributed by atoms with Gasteiger partial charge in [-0.15, -0.1) is 11.3 Å². The molecule has 0 fully saturated rings. The molecule has 1 aromatic heterocycles. The summed E-state index contributed by atoms with van der Waals surface area (Å²) in [5.41, 5.74) is 1.60. The van der Waals surface area contributed by atoms with Crippen molar-refractivity contribution in [3.8, 4) is 11.1 Å². The van der Waals surface area contributed by atoms with Crippen molar-refractivity contribution in [1.82, 2.24) is 0 Å². The summed E-state index contributed by atoms with van der Waals surface area (Å²) in [6.07, 6.45) is 0.723. The van der Waals surface area contributed by atoms with Crippen molar-refractivity contribution < 1.29 is 19.8 Å². The van der Waals surface area contributed by atoms with Gasteiger partial charge in [0, 0.05) is 11.6 Å². The largest absolute Gasteiger partial charge is 0.502 e. The SMILES string of the molecule is O=C(O)C(O)=CC(=O)c1sccc1-c1ccccc1. The van der Waals surface area contributed by atoms with E-state index in [1.807, 2.05) is 30.3 Å². The molecule has 5 heteroatoms. The second-order valence-electron chi connectivity index (χ2n) is 3.73. The van der Waals surface area contributed by atoms with Gasteiger partial charge < -0.3 is 10.2 Å². The van der Waals surface area contributed by atoms with Crippen LogP contribution in [-0.4, -0.2) is 22.0 Å². The lowest BCUT2D eigenvalue weighted by molar-refractivity contribution is -0.135. The summed E-state index contributed by atoms with van der Waals surface area (Å²) in [7, 11) is 0. The van der Waals surface area contributed by atoms with E-state index in [1.165, 1.54) is 11.3 Å². The molecule has 0 spiro atoms. The Labute approximate surface area is 113 Å². The number of hydrogen-bond acceptors (Lipinski definition) is 4. The summed E-state index contributed by atoms with van der Waals surface area (Å²) in [4.78, 5) is 22.8. The van der Waals surface area contributed by atoms with Crippen molar-refractivity contribution in [3.05, 3.63) is 58.5 Å². The highest BCUT2D eigenvalue weighted by atomic mass is 32.1. The summed E-state index contributed by atoms with van der Waals surface area (Å²) < 4.78 is 0. The maximum atomic E-state index is 11.9. The molecule has 0 radical (unpaired) electrons. The average molecular weight is 274 g/mol. The Bertz CT molecular complexity index is 640. The molecule has 1 aromatic carbocycles. The lowest BCUT2D eigenvalue weighted by Gasteiger charge is -2.01. The Kier molecular flexibility index (Phi) is 3.77. The Morgan fingerprint density at radius 3 is 2.37 bits per heavy atom. The number of carboxylic acids is 1. The van der Waals surface area contributed by atoms with Gasteiger partial charge in [-0.25, -0.2) is 4.79 Å². The molecule has 0 aliphatic rings. The van der Waals surface area contributed by atoms with E-state index in [1.54, 1.807) is 11.4 Å². The van der Waals surface area contributed by atoms with Gasteiger partial charge in [-0.1, -0.05) is 30.3 Å². The third kappa shape index (κ3) is 2.89. The predicted octanol–water partition coefficient (Wildman–Crippen LogP) is 3.12. The van der Waals surface area contributed by atoms with Gasteiger partial charge in [-0.2, -0.15) is 0 Å². The lowest BCUT2D eigenvalue weighted by atomic mass is 10.1. The number of aliphatic hydroxyl groups excluding tert-OH is 1. The second-order valence-corrected chi connectivity index (χ2v) is 4.64. The van der Waals surface area contributed by atoms with Crippen molar-refractivity contribution in [3.63, 3.8) is 0 Å². The summed E-state index contributed by atoms with van der Waals surface area (Å²) in [6.45, 7) is 0. The number of carbonyl (C=O) groups excluding carboxylic acids is 1. The molecular weight excluding hydrogens is 264 g/mol. The Morgan fingerprint density at radius 1 is 1.05 bits per heavy atom. The van der Waals surface area contributed by atoms with Gasteiger partial charge in [-0.05, 0) is 17.0 Å². The van der Waals surface area contributed by atoms with Crippen LogP contribution in [0.2, 0.25) is 0 Å². The Balaban J connectivity index is 2.38. The molecule has 19 heavy (non-hydrogen) atoms. The first-order valence-corrected chi connectivity index (χ1v) is 6.28. The van der Waals surface area contributed by atoms with E-state index >= 15 is 0 Å². The van der Waals surface area contributed by atoms with E-state index in [0.29, 0.717) is 4.88 Å². The van der Waals surface area contributed by atoms with Crippen LogP contribution in [0.15, 0.2) is 53.6 Å². The number of aliphatic hydroxyl groups is 1. The fraction of sp³-hybridized carbons (Fsp3) is 0. The molecule has 2 aromatic rings. The van der Waals surface area contributed by atoms with Gasteiger partial charge in [0.25, 0.3) is 0 Å². The molecule has 2 rings (SSSR count). The topological polar surface area (TPSA) is 74.6 Å². The molecule has 1 heterocycles. The minimum Gasteiger partial charge on any atom is -0.502 e. The quantitative estimate of drug-likeness (QED) is 0.510. The van der Waals surface area contributed by atoms with Crippen molar-refractivity contribution in [1.29, 1.82) is 0 Å². The van der Waals surface area contributed by atoms with Crippen LogP contribution >= 0.6 is 11.3 Å². The van der Waals surface area contributed by atoms with Crippen LogP contribution in [0.1, 0.15) is 9.67 Å². The van der Waals surface area contributed by atoms with Crippen LogP contribution in [0.3, 0.4) is 0 Å². The molecule has 0 bridgehead atoms. The molecule has 96 valence electrons. The van der Waals surface area contributed by atoms with E-state index in [-0.39, 0.29) is 0 Å². The van der Waals surface area contributed by atoms with Crippen molar-refractivity contribution in [2.75, 3.05) is 0 Å². The molecular formula is C14H10O4S. The Morgan fingerprint density at radius 2 is 1.74 bits per heavy atom. The fourth-order valence-corrected chi connectivity index (χ4v) is 2.42. The highest BCUT2D eigenvalue weighted by Crippen LogP contribution is 2.28. The standard InChI is InChI=1S/C14H10O4S/c15-11(8-12(16)14(17)18)13-10(6-7-19-13)9-4-2-1-3-5-9/h1-8,16H,(H,17,18). The monoisotopic (exact) mass is 274 g/mol. The molecule has 2 N–H and O–H groups in total. The number of rotatable bonds is 4. The molecule has 0 amide bonds. The zero-order chi connectivity index (χ0) is 13.8. The van der Waals surface area contributed by atoms with Crippen LogP contribution in [0.5, 0.6) is 0 Å². The molecule has 0 unspecified atom stereocenters. The van der Waals surface area contributed by atoms with Gasteiger partial charge >= 0.3 is 5.97 Å². The number of ketones is 1. The summed E-state index contributed by atoms with van der Waals surface area (Å²) >= 11 is 1.21. The molecule has 0 aliphatic carbocycles. The number of carboxylic acid groups (broad SMARTS) is 1. The van der Waals surface area contributed by atoms with Crippen LogP contribution in [0, 0.1) is 0 Å². The number of carbonyl (C=O) groups is 2. The summed E-state index contributed by atoms with van der Waals surface area (Å²) in [5.74, 6) is -3.00. The van der Waals surface area contributed by atoms with Crippen LogP contribution in [-0.2, 0) is 4.79 Å². The van der Waals surface area contributed by atoms with Gasteiger partial charge in [0.05, 0.1) is 4.88 Å². The molecule has 0 aliphatic heterocycles. The second kappa shape index (κ2) is 5.49. The predicted molar refractivity (Wildman–Crippen MR) is 72.4 cm³/mol. The lowest BCUT2D eigenvalue weighted by Crippen LogP contribution is -2.03. The summed E-state index contributed by atoms with van der Waals surface area (Å²) in [5, 5.41) is 19.4. The maximum Gasteiger partial charge on any atom is 0.371 e. The van der Waals surface area contributed by atoms with Gasteiger partial charge in [0.15, 0.2) is 5.78 Å². The summed E-state index contributed by atoms with van der Waals surface area (Å²) in [6, 6.07) is 11.1. The van der Waals surface area contributed by atoms with Crippen molar-refractivity contribution in [2.45, 2.75) is 0 Å². The zero-order valence-electron chi connectivity index (χ0n) is 9.74. The highest BCUT2D eigenvalue weighted by molar-refractivity contribution is 7.12. The van der Waals surface area contributed by atoms with Crippen LogP contribution in [0.25, 0.3) is 11.1 Å². The first-order valence-electron chi connectivity index (χ1n) is 5.41. The molecule has 4 nitrogen and oxygen atoms in total. The number of allylic oxidation sites excluding steroid dienone is 1. The van der Waals surface area contributed by atoms with Gasteiger partial charge in [0.2, 0.25) is 5.76 Å². The smallest absolute Gasteiger partial charge is 0.371 e.